The topological polar surface area (TPSA) is 183 Å². The van der Waals surface area contributed by atoms with Crippen molar-refractivity contribution >= 4 is 78.7 Å². The van der Waals surface area contributed by atoms with Gasteiger partial charge in [0.25, 0.3) is 0 Å². The SMILES string of the molecule is C=CCOC(=O)[C@H]1O[C@@H](Oc2ccc(COC(=O)O[C@H]3CC(=O)O[C@H](c4ccc5sc(C)nc5c4)CC=C(C)CCC[C@H](C)[C@H](O[Si](C)(C)C(C)(C)C)[C@@H](CC=C)C(=O)C3(C)C)cc2OC)[C@H](O[Si](C)(C)C(C)(C)C)[C@@H](O[Si](C)(C)C(C)(C)C)[C@H]1O[Si](C)(C)C(C)(C)C. The van der Waals surface area contributed by atoms with Gasteiger partial charge in [-0.3, -0.25) is 9.59 Å². The number of carbonyl (C=O) groups is 4. The number of esters is 2. The van der Waals surface area contributed by atoms with Crippen LogP contribution in [0.4, 0.5) is 4.79 Å². The van der Waals surface area contributed by atoms with E-state index in [2.05, 4.69) is 169 Å². The normalized spacial score (nSPS) is 24.7. The van der Waals surface area contributed by atoms with Gasteiger partial charge in [-0.1, -0.05) is 133 Å². The van der Waals surface area contributed by atoms with E-state index in [1.807, 2.05) is 25.1 Å². The summed E-state index contributed by atoms with van der Waals surface area (Å²) < 4.78 is 74.8. The number of methoxy groups -OCH3 is 1. The second-order valence-electron chi connectivity index (χ2n) is 32.5. The van der Waals surface area contributed by atoms with Gasteiger partial charge in [-0.25, -0.2) is 14.6 Å². The zero-order chi connectivity index (χ0) is 70.4. The molecule has 93 heavy (non-hydrogen) atoms. The van der Waals surface area contributed by atoms with Crippen molar-refractivity contribution in [3.05, 3.63) is 89.5 Å². The molecule has 10 atom stereocenters. The zero-order valence-electron chi connectivity index (χ0n) is 61.5. The fourth-order valence-electron chi connectivity index (χ4n) is 10.5. The lowest BCUT2D eigenvalue weighted by Gasteiger charge is -2.53. The number of thiazole rings is 1. The van der Waals surface area contributed by atoms with E-state index >= 15 is 4.79 Å². The highest BCUT2D eigenvalue weighted by Gasteiger charge is 2.59. The van der Waals surface area contributed by atoms with Crippen LogP contribution in [0.1, 0.15) is 172 Å². The van der Waals surface area contributed by atoms with Crippen molar-refractivity contribution < 1.29 is 70.0 Å². The van der Waals surface area contributed by atoms with Crippen molar-refractivity contribution in [3.63, 3.8) is 0 Å². The minimum Gasteiger partial charge on any atom is -0.493 e. The van der Waals surface area contributed by atoms with Crippen LogP contribution in [0.15, 0.2) is 73.4 Å². The van der Waals surface area contributed by atoms with Crippen LogP contribution in [-0.2, 0) is 62.4 Å². The molecular weight excluding hydrogens is 1260 g/mol. The summed E-state index contributed by atoms with van der Waals surface area (Å²) >= 11 is 1.59. The van der Waals surface area contributed by atoms with E-state index < -0.39 is 118 Å². The Kier molecular flexibility index (Phi) is 26.5. The molecule has 0 unspecified atom stereocenters. The van der Waals surface area contributed by atoms with Gasteiger partial charge in [0.05, 0.1) is 40.3 Å². The van der Waals surface area contributed by atoms with Crippen molar-refractivity contribution in [3.8, 4) is 11.5 Å². The molecule has 0 radical (unpaired) electrons. The van der Waals surface area contributed by atoms with Gasteiger partial charge in [0.2, 0.25) is 6.29 Å². The summed E-state index contributed by atoms with van der Waals surface area (Å²) in [6.07, 6.45) is -0.921. The third kappa shape index (κ3) is 20.2. The number of ketones is 1. The van der Waals surface area contributed by atoms with E-state index in [4.69, 9.17) is 55.8 Å². The van der Waals surface area contributed by atoms with E-state index in [9.17, 15) is 14.4 Å². The molecule has 21 heteroatoms. The number of ether oxygens (including phenoxy) is 7. The van der Waals surface area contributed by atoms with Gasteiger partial charge in [-0.05, 0) is 167 Å². The van der Waals surface area contributed by atoms with Crippen LogP contribution in [0.2, 0.25) is 72.5 Å². The molecule has 1 fully saturated rings. The number of cyclic esters (lactones) is 1. The average molecular weight is 1380 g/mol. The third-order valence-corrected chi connectivity index (χ3v) is 39.5. The molecule has 16 nitrogen and oxygen atoms in total. The van der Waals surface area contributed by atoms with Crippen molar-refractivity contribution in [1.82, 2.24) is 4.98 Å². The Morgan fingerprint density at radius 2 is 1.29 bits per heavy atom. The first kappa shape index (κ1) is 79.4. The number of aryl methyl sites for hydroxylation is 1. The molecule has 2 aliphatic rings. The molecule has 3 aromatic rings. The molecule has 0 amide bonds. The number of carbonyl (C=O) groups excluding carboxylic acids is 4. The number of allylic oxidation sites excluding steroid dienone is 2. The number of fused-ring (bicyclic) bond motifs is 1. The zero-order valence-corrected chi connectivity index (χ0v) is 66.3. The summed E-state index contributed by atoms with van der Waals surface area (Å²) in [5, 5.41) is -0.0538. The summed E-state index contributed by atoms with van der Waals surface area (Å²) in [6.45, 7) is 60.4. The number of Topliss-reactive ketones (excluding diaryl/α,β-unsaturated/α-hetero) is 1. The van der Waals surface area contributed by atoms with Crippen LogP contribution in [0.3, 0.4) is 0 Å². The van der Waals surface area contributed by atoms with Gasteiger partial charge in [-0.15, -0.1) is 17.9 Å². The minimum absolute atomic E-state index is 0.0402. The van der Waals surface area contributed by atoms with E-state index in [-0.39, 0.29) is 56.6 Å². The first-order chi connectivity index (χ1) is 42.6. The van der Waals surface area contributed by atoms with Crippen LogP contribution < -0.4 is 9.47 Å². The van der Waals surface area contributed by atoms with Gasteiger partial charge < -0.3 is 50.9 Å². The van der Waals surface area contributed by atoms with Gasteiger partial charge in [0.15, 0.2) is 50.9 Å². The third-order valence-electron chi connectivity index (χ3n) is 20.7. The lowest BCUT2D eigenvalue weighted by atomic mass is 9.71. The summed E-state index contributed by atoms with van der Waals surface area (Å²) in [4.78, 5) is 64.1. The largest absolute Gasteiger partial charge is 0.508 e. The number of nitrogens with zero attached hydrogens (tertiary/aromatic N) is 1. The van der Waals surface area contributed by atoms with Gasteiger partial charge >= 0.3 is 18.1 Å². The maximum atomic E-state index is 15.7. The summed E-state index contributed by atoms with van der Waals surface area (Å²) in [5.74, 6) is -1.81. The van der Waals surface area contributed by atoms with Crippen LogP contribution in [0.25, 0.3) is 10.2 Å². The molecule has 1 saturated heterocycles. The molecule has 0 spiro atoms. The van der Waals surface area contributed by atoms with Crippen LogP contribution in [0, 0.1) is 24.2 Å². The van der Waals surface area contributed by atoms with Crippen molar-refractivity contribution in [2.24, 2.45) is 17.3 Å². The molecule has 3 heterocycles. The molecule has 0 N–H and O–H groups in total. The molecule has 0 saturated carbocycles. The van der Waals surface area contributed by atoms with E-state index in [0.717, 1.165) is 45.6 Å². The van der Waals surface area contributed by atoms with Crippen LogP contribution in [-0.4, -0.2) is 119 Å². The first-order valence-electron chi connectivity index (χ1n) is 33.3. The van der Waals surface area contributed by atoms with Crippen molar-refractivity contribution in [2.75, 3.05) is 13.7 Å². The van der Waals surface area contributed by atoms with Gasteiger partial charge in [0.1, 0.15) is 49.5 Å². The van der Waals surface area contributed by atoms with Crippen molar-refractivity contribution in [1.29, 1.82) is 0 Å². The lowest BCUT2D eigenvalue weighted by molar-refractivity contribution is -0.263. The molecule has 2 aliphatic heterocycles. The highest BCUT2D eigenvalue weighted by molar-refractivity contribution is 7.18. The second-order valence-corrected chi connectivity index (χ2v) is 52.7. The molecule has 2 aromatic carbocycles. The highest BCUT2D eigenvalue weighted by atomic mass is 32.1. The lowest BCUT2D eigenvalue weighted by Crippen LogP contribution is -2.69. The quantitative estimate of drug-likeness (QED) is 0.0450. The summed E-state index contributed by atoms with van der Waals surface area (Å²) in [5.41, 5.74) is 1.74. The molecule has 522 valence electrons. The standard InChI is InChI=1S/C72H117NO15SSi4/c1-29-32-51-59(85-90(21,22)68(6,7)8)47(4)34-31-33-46(3)35-38-53(50-37-40-56-52(43-50)73-48(5)89-56)81-58(74)44-57(72(18,19)64(51)75)83-67(77)80-45-49-36-39-54(55(42-49)78-20)82-66-63(88-93(27,28)71(15,16)17)61(87-92(25,26)70(12,13)14)60(86-91(23,24)69(9,10)11)62(84-66)65(76)79-41-30-2/h29-30,35-37,39-40,42-43,47,51,53,57,59-63,66H,1-2,31-34,38,41,44-45H2,3-28H3/t47-,51+,53-,57-,59-,60+,61-,62-,63+,66+/m0/s1. The molecule has 0 aliphatic carbocycles. The van der Waals surface area contributed by atoms with Crippen LogP contribution in [0.5, 0.6) is 11.5 Å². The molecule has 1 aromatic heterocycles. The molecular formula is C72H117NO15SSi4. The monoisotopic (exact) mass is 1380 g/mol. The Labute approximate surface area is 566 Å². The fraction of sp³-hybridized carbons (Fsp3) is 0.681. The number of rotatable bonds is 20. The van der Waals surface area contributed by atoms with E-state index in [1.165, 1.54) is 13.2 Å². The number of hydrogen-bond acceptors (Lipinski definition) is 17. The maximum Gasteiger partial charge on any atom is 0.508 e. The molecule has 0 bridgehead atoms. The Bertz CT molecular complexity index is 3110. The molecule has 5 rings (SSSR count). The van der Waals surface area contributed by atoms with Crippen molar-refractivity contribution in [2.45, 2.75) is 284 Å². The maximum absolute atomic E-state index is 15.7. The Hall–Kier alpha value is -4.30. The predicted molar refractivity (Wildman–Crippen MR) is 383 cm³/mol. The minimum atomic E-state index is -2.72. The van der Waals surface area contributed by atoms with Gasteiger partial charge in [0, 0.05) is 12.3 Å². The Balaban J connectivity index is 1.57. The van der Waals surface area contributed by atoms with E-state index in [1.54, 1.807) is 49.5 Å². The summed E-state index contributed by atoms with van der Waals surface area (Å²) in [7, 11) is -9.12. The number of aromatic nitrogens is 1. The van der Waals surface area contributed by atoms with E-state index in [0.29, 0.717) is 18.4 Å². The summed E-state index contributed by atoms with van der Waals surface area (Å²) in [6, 6.07) is 11.0. The number of benzene rings is 2. The van der Waals surface area contributed by atoms with Gasteiger partial charge in [-0.2, -0.15) is 0 Å². The van der Waals surface area contributed by atoms with Crippen LogP contribution >= 0.6 is 11.3 Å². The highest BCUT2D eigenvalue weighted by Crippen LogP contribution is 2.48. The Morgan fingerprint density at radius 3 is 1.84 bits per heavy atom. The Morgan fingerprint density at radius 1 is 0.731 bits per heavy atom. The predicted octanol–water partition coefficient (Wildman–Crippen LogP) is 18.6. The number of hydrogen-bond donors (Lipinski definition) is 0. The second kappa shape index (κ2) is 31.1. The smallest absolute Gasteiger partial charge is 0.493 e. The fourth-order valence-corrected chi connectivity index (χ4v) is 16.6. The average Bonchev–Trinajstić information content (AvgIpc) is 1.21. The first-order valence-corrected chi connectivity index (χ1v) is 45.8.